The summed E-state index contributed by atoms with van der Waals surface area (Å²) in [7, 11) is 3.80. The van der Waals surface area contributed by atoms with E-state index >= 15 is 0 Å². The average Bonchev–Trinajstić information content (AvgIpc) is 2.40. The van der Waals surface area contributed by atoms with E-state index in [0.717, 1.165) is 13.0 Å². The summed E-state index contributed by atoms with van der Waals surface area (Å²) in [4.78, 5) is 2.42. The second-order valence-electron chi connectivity index (χ2n) is 5.10. The molecule has 0 spiro atoms. The molecule has 1 aliphatic heterocycles. The average molecular weight is 243 g/mol. The van der Waals surface area contributed by atoms with Gasteiger partial charge in [0.2, 0.25) is 0 Å². The summed E-state index contributed by atoms with van der Waals surface area (Å²) >= 11 is 0. The van der Waals surface area contributed by atoms with Crippen molar-refractivity contribution < 1.29 is 4.74 Å². The van der Waals surface area contributed by atoms with Crippen LogP contribution < -0.4 is 0 Å². The van der Waals surface area contributed by atoms with Gasteiger partial charge in [0.05, 0.1) is 0 Å². The molecule has 2 nitrogen and oxygen atoms in total. The topological polar surface area (TPSA) is 12.5 Å². The number of ether oxygens (including phenoxy) is 1. The molecule has 0 N–H and O–H groups in total. The van der Waals surface area contributed by atoms with Crippen LogP contribution in [0.3, 0.4) is 0 Å². The fourth-order valence-corrected chi connectivity index (χ4v) is 2.57. The molecule has 0 unspecified atom stereocenters. The number of piperidine rings is 1. The van der Waals surface area contributed by atoms with Gasteiger partial charge < -0.3 is 0 Å². The molecule has 1 aliphatic rings. The zero-order valence-corrected chi connectivity index (χ0v) is 11.4. The summed E-state index contributed by atoms with van der Waals surface area (Å²) in [6.45, 7) is 3.29. The van der Waals surface area contributed by atoms with Crippen molar-refractivity contribution in [3.63, 3.8) is 0 Å². The van der Waals surface area contributed by atoms with Gasteiger partial charge in [0.15, 0.2) is 0 Å². The molecule has 1 aromatic rings. The van der Waals surface area contributed by atoms with Gasteiger partial charge in [0.1, 0.15) is 0 Å². The second kappa shape index (κ2) is 6.62. The number of nitrogens with zero attached hydrogens (tertiary/aromatic N) is 1. The van der Waals surface area contributed by atoms with Crippen molar-refractivity contribution in [1.29, 1.82) is 0 Å². The Labute approximate surface area is 111 Å². The van der Waals surface area contributed by atoms with Gasteiger partial charge in [0, 0.05) is 0 Å². The molecule has 3 heteroatoms. The van der Waals surface area contributed by atoms with Gasteiger partial charge in [-0.25, -0.2) is 0 Å². The van der Waals surface area contributed by atoms with Gasteiger partial charge in [-0.1, -0.05) is 0 Å². The van der Waals surface area contributed by atoms with Gasteiger partial charge in [0.25, 0.3) is 0 Å². The summed E-state index contributed by atoms with van der Waals surface area (Å²) in [5.74, 6) is 0. The van der Waals surface area contributed by atoms with E-state index in [0.29, 0.717) is 6.04 Å². The summed E-state index contributed by atoms with van der Waals surface area (Å²) < 4.78 is 5.04. The molecule has 0 aliphatic carbocycles. The van der Waals surface area contributed by atoms with Gasteiger partial charge >= 0.3 is 110 Å². The molecular formula is C15H22BNO. The maximum absolute atomic E-state index is 5.04. The zero-order chi connectivity index (χ0) is 12.8. The van der Waals surface area contributed by atoms with Gasteiger partial charge in [-0.15, -0.1) is 0 Å². The Bertz CT molecular complexity index is 388. The fraction of sp³-hybridized carbons (Fsp3) is 0.533. The van der Waals surface area contributed by atoms with E-state index in [2.05, 4.69) is 43.1 Å². The predicted molar refractivity (Wildman–Crippen MR) is 78.1 cm³/mol. The Balaban J connectivity index is 2.00. The number of benzene rings is 1. The molecule has 96 valence electrons. The minimum absolute atomic E-state index is 0.618. The minimum atomic E-state index is 0.618. The van der Waals surface area contributed by atoms with Gasteiger partial charge in [-0.3, -0.25) is 0 Å². The van der Waals surface area contributed by atoms with Crippen molar-refractivity contribution in [1.82, 2.24) is 4.81 Å². The maximum atomic E-state index is 5.04. The predicted octanol–water partition coefficient (Wildman–Crippen LogP) is 2.42. The Morgan fingerprint density at radius 3 is 2.83 bits per heavy atom. The van der Waals surface area contributed by atoms with Crippen LogP contribution in [-0.2, 0) is 11.2 Å². The first-order valence-electron chi connectivity index (χ1n) is 6.80. The summed E-state index contributed by atoms with van der Waals surface area (Å²) in [6.07, 6.45) is 6.83. The van der Waals surface area contributed by atoms with E-state index in [1.807, 2.05) is 0 Å². The molecule has 18 heavy (non-hydrogen) atoms. The summed E-state index contributed by atoms with van der Waals surface area (Å²) in [6, 6.07) is 9.53. The van der Waals surface area contributed by atoms with Gasteiger partial charge in [-0.2, -0.15) is 0 Å². The van der Waals surface area contributed by atoms with E-state index in [4.69, 9.17) is 4.74 Å². The van der Waals surface area contributed by atoms with Crippen molar-refractivity contribution in [2.45, 2.75) is 38.6 Å². The molecule has 1 atom stereocenters. The van der Waals surface area contributed by atoms with Crippen molar-refractivity contribution in [2.75, 3.05) is 13.7 Å². The Hall–Kier alpha value is -1.25. The SMILES string of the molecule is COC=BN1CCCC[C@H]1Cc1ccc(C)cc1. The number of aryl methyl sites for hydroxylation is 1. The van der Waals surface area contributed by atoms with Crippen LogP contribution >= 0.6 is 0 Å². The van der Waals surface area contributed by atoms with Crippen LogP contribution in [0.25, 0.3) is 0 Å². The van der Waals surface area contributed by atoms with Crippen molar-refractivity contribution in [3.05, 3.63) is 35.4 Å². The summed E-state index contributed by atoms with van der Waals surface area (Å²) in [5.41, 5.74) is 2.77. The molecule has 0 radical (unpaired) electrons. The van der Waals surface area contributed by atoms with Crippen LogP contribution in [0.5, 0.6) is 0 Å². The van der Waals surface area contributed by atoms with Crippen LogP contribution in [0.4, 0.5) is 0 Å². The molecule has 0 aromatic heterocycles. The molecule has 1 saturated heterocycles. The molecular weight excluding hydrogens is 221 g/mol. The molecule has 0 bridgehead atoms. The van der Waals surface area contributed by atoms with Crippen molar-refractivity contribution in [3.8, 4) is 0 Å². The normalized spacial score (nSPS) is 19.9. The second-order valence-corrected chi connectivity index (χ2v) is 5.10. The molecule has 1 fully saturated rings. The third-order valence-electron chi connectivity index (χ3n) is 3.65. The number of methoxy groups -OCH3 is 1. The standard InChI is InChI=1S/C15H22BNO/c1-13-6-8-14(9-7-13)11-15-5-3-4-10-17(15)16-12-18-2/h6-9,12,15H,3-5,10-11H2,1-2H3/t15-/m0/s1. The first-order chi connectivity index (χ1) is 8.79. The number of hydrogen-bond acceptors (Lipinski definition) is 2. The first kappa shape index (κ1) is 13.2. The molecule has 0 saturated carbocycles. The molecule has 1 aromatic carbocycles. The van der Waals surface area contributed by atoms with E-state index in [1.165, 1.54) is 30.4 Å². The van der Waals surface area contributed by atoms with E-state index < -0.39 is 0 Å². The number of rotatable bonds is 4. The van der Waals surface area contributed by atoms with Crippen LogP contribution in [0, 0.1) is 6.92 Å². The fourth-order valence-electron chi connectivity index (χ4n) is 2.57. The van der Waals surface area contributed by atoms with E-state index in [-0.39, 0.29) is 0 Å². The summed E-state index contributed by atoms with van der Waals surface area (Å²) in [5, 5.41) is 0. The quantitative estimate of drug-likeness (QED) is 0.753. The van der Waals surface area contributed by atoms with Crippen LogP contribution in [0.15, 0.2) is 24.3 Å². The molecule has 0 amide bonds. The number of hydrogen-bond donors (Lipinski definition) is 0. The van der Waals surface area contributed by atoms with Gasteiger partial charge in [-0.05, 0) is 0 Å². The Morgan fingerprint density at radius 2 is 2.11 bits per heavy atom. The van der Waals surface area contributed by atoms with Crippen LogP contribution in [-0.4, -0.2) is 37.7 Å². The van der Waals surface area contributed by atoms with Crippen LogP contribution in [0.2, 0.25) is 0 Å². The Kier molecular flexibility index (Phi) is 4.86. The third kappa shape index (κ3) is 3.62. The molecule has 1 heterocycles. The first-order valence-corrected chi connectivity index (χ1v) is 6.80. The van der Waals surface area contributed by atoms with Crippen LogP contribution in [0.1, 0.15) is 30.4 Å². The monoisotopic (exact) mass is 243 g/mol. The third-order valence-corrected chi connectivity index (χ3v) is 3.65. The van der Waals surface area contributed by atoms with E-state index in [9.17, 15) is 0 Å². The Morgan fingerprint density at radius 1 is 1.33 bits per heavy atom. The zero-order valence-electron chi connectivity index (χ0n) is 11.4. The van der Waals surface area contributed by atoms with Crippen molar-refractivity contribution in [2.24, 2.45) is 0 Å². The van der Waals surface area contributed by atoms with Crippen molar-refractivity contribution >= 4 is 13.2 Å². The van der Waals surface area contributed by atoms with E-state index in [1.54, 1.807) is 13.3 Å². The molecule has 2 rings (SSSR count).